The molecule has 0 aromatic heterocycles. The second kappa shape index (κ2) is 36.6. The van der Waals surface area contributed by atoms with E-state index in [0.717, 1.165) is 85.6 Å². The number of rotatable bonds is 27. The number of piperidine rings is 2. The quantitative estimate of drug-likeness (QED) is 0.0374. The number of hydrogen-bond acceptors (Lipinski definition) is 11. The van der Waals surface area contributed by atoms with Crippen molar-refractivity contribution in [2.24, 2.45) is 0 Å². The highest BCUT2D eigenvalue weighted by molar-refractivity contribution is 5.95. The van der Waals surface area contributed by atoms with E-state index in [1.165, 1.54) is 29.8 Å². The normalized spacial score (nSPS) is 17.6. The van der Waals surface area contributed by atoms with Crippen LogP contribution >= 0.6 is 37.2 Å². The van der Waals surface area contributed by atoms with E-state index in [4.69, 9.17) is 14.2 Å². The van der Waals surface area contributed by atoms with Gasteiger partial charge in [-0.2, -0.15) is 26.3 Å². The third-order valence-corrected chi connectivity index (χ3v) is 19.8. The van der Waals surface area contributed by atoms with Gasteiger partial charge in [-0.05, 0) is 160 Å². The molecule has 10 rings (SSSR count). The summed E-state index contributed by atoms with van der Waals surface area (Å²) < 4.78 is 116. The predicted molar refractivity (Wildman–Crippen MR) is 381 cm³/mol. The van der Waals surface area contributed by atoms with Gasteiger partial charge in [-0.3, -0.25) is 24.5 Å². The topological polar surface area (TPSA) is 157 Å². The summed E-state index contributed by atoms with van der Waals surface area (Å²) in [6, 6.07) is 39.4. The van der Waals surface area contributed by atoms with E-state index in [9.17, 15) is 54.7 Å². The first-order valence-electron chi connectivity index (χ1n) is 33.8. The number of ether oxygens (including phenoxy) is 3. The number of carbonyl (C=O) groups excluding carboxylic acids is 5. The number of fused-ring (bicyclic) bond motifs is 2. The fourth-order valence-corrected chi connectivity index (χ4v) is 13.9. The summed E-state index contributed by atoms with van der Waals surface area (Å²) in [5, 5.41) is 6.35. The van der Waals surface area contributed by atoms with Crippen molar-refractivity contribution in [1.29, 1.82) is 0 Å². The third-order valence-electron chi connectivity index (χ3n) is 19.8. The van der Waals surface area contributed by atoms with Crippen LogP contribution in [0.1, 0.15) is 119 Å². The number of unbranched alkanes of at least 4 members (excludes halogenated alkanes) is 3. The molecule has 0 unspecified atom stereocenters. The molecule has 5 amide bonds. The standard InChI is InChI=1S/C75H87F7N8O8.3ClH/c1-85(37-14-15-38-87(3)69(93)54-23-29-61(30-24-54)83-36-13-5-8-22-67(91)86(2)44-45-88-39-31-62(32-40-88)98-71(95)84-65-21-12-10-19-63(65)53-16-6-4-7-17-53)68(92)50-96-66-48-55-18-9-11-20-64(55)72(66)33-41-89(42-34-72)43-35-73(57-25-27-60(76)28-26-57)51-90(52-97-73)70(94)56-46-58(74(77,78)79)49-59(47-56)75(80,81)82;;;/h4,6-7,9-12,16-21,23-30,46-47,49,62,66,83H,5,8,13-15,22,31-45,48,50-52H2,1-3H3,(H,84,95);3*1H/t66-,73+;;;/m0.../s1. The first-order valence-corrected chi connectivity index (χ1v) is 33.8. The van der Waals surface area contributed by atoms with Crippen LogP contribution in [-0.4, -0.2) is 178 Å². The lowest BCUT2D eigenvalue weighted by Gasteiger charge is -2.44. The molecule has 3 saturated heterocycles. The number of halogens is 10. The molecule has 0 radical (unpaired) electrons. The lowest BCUT2D eigenvalue weighted by atomic mass is 9.72. The van der Waals surface area contributed by atoms with Gasteiger partial charge in [0.2, 0.25) is 11.8 Å². The molecular weight excluding hydrogens is 1380 g/mol. The number of nitrogens with zero attached hydrogens (tertiary/aromatic N) is 6. The Morgan fingerprint density at radius 3 is 1.92 bits per heavy atom. The van der Waals surface area contributed by atoms with Gasteiger partial charge in [-0.15, -0.1) is 37.2 Å². The van der Waals surface area contributed by atoms with E-state index >= 15 is 0 Å². The Hall–Kier alpha value is -7.51. The molecule has 0 bridgehead atoms. The zero-order chi connectivity index (χ0) is 69.6. The minimum atomic E-state index is -5.15. The van der Waals surface area contributed by atoms with Crippen molar-refractivity contribution >= 4 is 78.3 Å². The molecule has 2 N–H and O–H groups in total. The van der Waals surface area contributed by atoms with Crippen LogP contribution in [0.2, 0.25) is 0 Å². The number of alkyl halides is 6. The highest BCUT2D eigenvalue weighted by Gasteiger charge is 2.50. The van der Waals surface area contributed by atoms with Crippen molar-refractivity contribution in [2.45, 2.75) is 113 Å². The molecule has 1 aliphatic carbocycles. The van der Waals surface area contributed by atoms with Gasteiger partial charge in [-0.1, -0.05) is 91.3 Å². The number of hydrogen-bond donors (Lipinski definition) is 2. The monoisotopic (exact) mass is 1470 g/mol. The second-order valence-corrected chi connectivity index (χ2v) is 26.3. The van der Waals surface area contributed by atoms with Crippen LogP contribution in [0.15, 0.2) is 146 Å². The van der Waals surface area contributed by atoms with Crippen LogP contribution < -0.4 is 10.6 Å². The Labute approximate surface area is 604 Å². The first-order chi connectivity index (χ1) is 47.0. The summed E-state index contributed by atoms with van der Waals surface area (Å²) in [6.07, 6.45) is -3.13. The highest BCUT2D eigenvalue weighted by atomic mass is 35.5. The SMILES string of the molecule is CN(CCN1CCC(OC(=O)Nc2ccccc2-c2ccccc2)CC1)C(=O)CCCCCNc1ccc(C(=O)N(C)CCCCN(C)C(=O)CO[C@H]2Cc3ccccc3C23CCN(CC[C@]2(c4ccc(F)cc4)CN(C(=O)c4cc(C(F)(F)F)cc(C(F)(F)F)c4)CO2)CC3)cc1.Cl.Cl.Cl. The average Bonchev–Trinajstić information content (AvgIpc) is 1.64. The maximum atomic E-state index is 14.2. The number of anilines is 2. The van der Waals surface area contributed by atoms with E-state index in [1.54, 1.807) is 28.8 Å². The zero-order valence-corrected chi connectivity index (χ0v) is 59.5. The third kappa shape index (κ3) is 21.1. The van der Waals surface area contributed by atoms with Crippen molar-refractivity contribution in [3.05, 3.63) is 190 Å². The number of amides is 5. The van der Waals surface area contributed by atoms with Gasteiger partial charge in [0.25, 0.3) is 11.8 Å². The molecule has 1 spiro atoms. The summed E-state index contributed by atoms with van der Waals surface area (Å²) in [6.45, 7) is 5.55. The molecule has 6 aromatic carbocycles. The summed E-state index contributed by atoms with van der Waals surface area (Å²) in [5.41, 5.74) is 1.27. The lowest BCUT2D eigenvalue weighted by Crippen LogP contribution is -2.50. The Morgan fingerprint density at radius 2 is 1.25 bits per heavy atom. The summed E-state index contributed by atoms with van der Waals surface area (Å²) in [4.78, 5) is 77.4. The minimum Gasteiger partial charge on any atom is -0.446 e. The van der Waals surface area contributed by atoms with Gasteiger partial charge in [0.15, 0.2) is 0 Å². The predicted octanol–water partition coefficient (Wildman–Crippen LogP) is 14.6. The highest BCUT2D eigenvalue weighted by Crippen LogP contribution is 2.49. The molecule has 3 heterocycles. The van der Waals surface area contributed by atoms with Gasteiger partial charge in [0.1, 0.15) is 30.9 Å². The van der Waals surface area contributed by atoms with Crippen LogP contribution in [0.5, 0.6) is 0 Å². The molecule has 3 aliphatic heterocycles. The van der Waals surface area contributed by atoms with E-state index in [0.29, 0.717) is 107 Å². The first kappa shape index (κ1) is 80.8. The molecule has 26 heteroatoms. The zero-order valence-electron chi connectivity index (χ0n) is 57.0. The van der Waals surface area contributed by atoms with Crippen molar-refractivity contribution in [2.75, 3.05) is 117 Å². The summed E-state index contributed by atoms with van der Waals surface area (Å²) >= 11 is 0. The van der Waals surface area contributed by atoms with Gasteiger partial charge in [0, 0.05) is 108 Å². The molecule has 16 nitrogen and oxygen atoms in total. The smallest absolute Gasteiger partial charge is 0.416 e. The molecule has 0 saturated carbocycles. The molecule has 101 heavy (non-hydrogen) atoms. The van der Waals surface area contributed by atoms with Crippen molar-refractivity contribution in [3.63, 3.8) is 0 Å². The van der Waals surface area contributed by atoms with Crippen molar-refractivity contribution in [3.8, 4) is 11.1 Å². The molecule has 6 aromatic rings. The molecule has 2 atom stereocenters. The Bertz CT molecular complexity index is 3670. The number of benzene rings is 6. The Morgan fingerprint density at radius 1 is 0.634 bits per heavy atom. The molecular formula is C75H90Cl3F7N8O8. The van der Waals surface area contributed by atoms with Crippen molar-refractivity contribution < 1.29 is 68.9 Å². The van der Waals surface area contributed by atoms with Gasteiger partial charge in [-0.25, -0.2) is 9.18 Å². The number of carbonyl (C=O) groups is 5. The number of para-hydroxylation sites is 1. The van der Waals surface area contributed by atoms with E-state index < -0.39 is 64.6 Å². The maximum Gasteiger partial charge on any atom is 0.416 e. The van der Waals surface area contributed by atoms with E-state index in [-0.39, 0.29) is 92.8 Å². The number of nitrogens with one attached hydrogen (secondary N) is 2. The van der Waals surface area contributed by atoms with E-state index in [1.807, 2.05) is 98.0 Å². The van der Waals surface area contributed by atoms with Crippen LogP contribution in [0.3, 0.4) is 0 Å². The van der Waals surface area contributed by atoms with Crippen LogP contribution in [0.4, 0.5) is 46.9 Å². The molecule has 3 fully saturated rings. The van der Waals surface area contributed by atoms with Crippen LogP contribution in [0.25, 0.3) is 11.1 Å². The minimum absolute atomic E-state index is 0. The largest absolute Gasteiger partial charge is 0.446 e. The van der Waals surface area contributed by atoms with Gasteiger partial charge >= 0.3 is 18.4 Å². The van der Waals surface area contributed by atoms with Gasteiger partial charge < -0.3 is 48.9 Å². The molecule has 548 valence electrons. The van der Waals surface area contributed by atoms with Gasteiger partial charge in [0.05, 0.1) is 29.5 Å². The lowest BCUT2D eigenvalue weighted by molar-refractivity contribution is -0.143. The summed E-state index contributed by atoms with van der Waals surface area (Å²) in [5.74, 6) is -1.75. The number of likely N-dealkylation sites (tertiary alicyclic amines) is 2. The summed E-state index contributed by atoms with van der Waals surface area (Å²) in [7, 11) is 5.36. The van der Waals surface area contributed by atoms with Crippen LogP contribution in [0, 0.1) is 5.82 Å². The average molecular weight is 1470 g/mol. The molecule has 4 aliphatic rings. The van der Waals surface area contributed by atoms with Crippen molar-refractivity contribution in [1.82, 2.24) is 29.4 Å². The Kier molecular flexibility index (Phi) is 29.3. The van der Waals surface area contributed by atoms with E-state index in [2.05, 4.69) is 32.6 Å². The fraction of sp³-hybridized carbons (Fsp3) is 0.453. The van der Waals surface area contributed by atoms with Crippen LogP contribution in [-0.2, 0) is 53.6 Å². The number of likely N-dealkylation sites (N-methyl/N-ethyl adjacent to an activating group) is 2. The second-order valence-electron chi connectivity index (χ2n) is 26.3. The maximum absolute atomic E-state index is 14.2. The fourth-order valence-electron chi connectivity index (χ4n) is 13.9. The Balaban J connectivity index is 0.00000477.